The van der Waals surface area contributed by atoms with Crippen LogP contribution in [0, 0.1) is 0 Å². The van der Waals surface area contributed by atoms with Gasteiger partial charge in [0.1, 0.15) is 0 Å². The minimum atomic E-state index is -1.53. The molecule has 58 valence electrons. The third kappa shape index (κ3) is 1.27. The quantitative estimate of drug-likeness (QED) is 0.528. The van der Waals surface area contributed by atoms with Crippen LogP contribution in [0.25, 0.3) is 0 Å². The van der Waals surface area contributed by atoms with E-state index in [1.54, 1.807) is 0 Å². The fourth-order valence-electron chi connectivity index (χ4n) is 0.923. The van der Waals surface area contributed by atoms with Gasteiger partial charge in [0.2, 0.25) is 0 Å². The lowest BCUT2D eigenvalue weighted by Gasteiger charge is -2.27. The van der Waals surface area contributed by atoms with Gasteiger partial charge in [-0.15, -0.1) is 0 Å². The highest BCUT2D eigenvalue weighted by atomic mass is 16.5. The highest BCUT2D eigenvalue weighted by Crippen LogP contribution is 2.19. The maximum absolute atomic E-state index is 10.4. The zero-order chi connectivity index (χ0) is 7.61. The van der Waals surface area contributed by atoms with Gasteiger partial charge in [0.05, 0.1) is 0 Å². The number of carboxylic acid groups (broad SMARTS) is 1. The molecule has 1 rings (SSSR count). The number of hydrogen-bond donors (Lipinski definition) is 2. The van der Waals surface area contributed by atoms with Crippen LogP contribution in [-0.2, 0) is 9.53 Å². The van der Waals surface area contributed by atoms with Crippen molar-refractivity contribution in [1.29, 1.82) is 0 Å². The molecule has 1 aliphatic heterocycles. The van der Waals surface area contributed by atoms with E-state index in [4.69, 9.17) is 9.84 Å². The van der Waals surface area contributed by atoms with Crippen LogP contribution in [-0.4, -0.2) is 35.0 Å². The van der Waals surface area contributed by atoms with E-state index in [2.05, 4.69) is 0 Å². The summed E-state index contributed by atoms with van der Waals surface area (Å²) in [4.78, 5) is 10.4. The van der Waals surface area contributed by atoms with Gasteiger partial charge < -0.3 is 14.9 Å². The van der Waals surface area contributed by atoms with Crippen molar-refractivity contribution in [3.63, 3.8) is 0 Å². The number of ether oxygens (including phenoxy) is 1. The molecule has 2 N–H and O–H groups in total. The summed E-state index contributed by atoms with van der Waals surface area (Å²) in [5, 5.41) is 17.8. The Hall–Kier alpha value is -0.610. The molecule has 0 spiro atoms. The lowest BCUT2D eigenvalue weighted by Crippen LogP contribution is -2.43. The monoisotopic (exact) mass is 146 g/mol. The van der Waals surface area contributed by atoms with Crippen LogP contribution >= 0.6 is 0 Å². The molecule has 1 aliphatic rings. The van der Waals surface area contributed by atoms with E-state index in [-0.39, 0.29) is 12.8 Å². The molecule has 1 heterocycles. The van der Waals surface area contributed by atoms with Crippen LogP contribution < -0.4 is 0 Å². The lowest BCUT2D eigenvalue weighted by molar-refractivity contribution is -0.167. The molecule has 0 radical (unpaired) electrons. The fraction of sp³-hybridized carbons (Fsp3) is 0.833. The lowest BCUT2D eigenvalue weighted by atomic mass is 9.95. The summed E-state index contributed by atoms with van der Waals surface area (Å²) >= 11 is 0. The molecule has 0 aliphatic carbocycles. The van der Waals surface area contributed by atoms with E-state index in [0.29, 0.717) is 13.2 Å². The maximum Gasteiger partial charge on any atom is 0.335 e. The van der Waals surface area contributed by atoms with Crippen LogP contribution in [0.15, 0.2) is 0 Å². The van der Waals surface area contributed by atoms with Crippen molar-refractivity contribution in [1.82, 2.24) is 0 Å². The number of hydrogen-bond acceptors (Lipinski definition) is 3. The first-order valence-corrected chi connectivity index (χ1v) is 3.19. The molecule has 0 aromatic heterocycles. The summed E-state index contributed by atoms with van der Waals surface area (Å²) < 4.78 is 4.89. The van der Waals surface area contributed by atoms with E-state index in [1.807, 2.05) is 0 Å². The second-order valence-corrected chi connectivity index (χ2v) is 2.45. The largest absolute Gasteiger partial charge is 0.479 e. The molecule has 10 heavy (non-hydrogen) atoms. The van der Waals surface area contributed by atoms with Gasteiger partial charge >= 0.3 is 5.97 Å². The molecule has 0 unspecified atom stereocenters. The minimum Gasteiger partial charge on any atom is -0.479 e. The summed E-state index contributed by atoms with van der Waals surface area (Å²) in [6, 6.07) is 0. The number of carboxylic acids is 1. The molecule has 0 atom stereocenters. The Balaban J connectivity index is 2.56. The molecule has 4 heteroatoms. The Morgan fingerprint density at radius 1 is 1.40 bits per heavy atom. The van der Waals surface area contributed by atoms with Crippen LogP contribution in [0.3, 0.4) is 0 Å². The summed E-state index contributed by atoms with van der Waals surface area (Å²) in [6.45, 7) is 0.672. The van der Waals surface area contributed by atoms with Crippen molar-refractivity contribution in [3.05, 3.63) is 0 Å². The highest BCUT2D eigenvalue weighted by Gasteiger charge is 2.37. The molecular weight excluding hydrogens is 136 g/mol. The standard InChI is InChI=1S/C6H10O4/c7-5(8)6(9)1-3-10-4-2-6/h9H,1-4H2,(H,7,8). The van der Waals surface area contributed by atoms with Crippen LogP contribution in [0.5, 0.6) is 0 Å². The Kier molecular flexibility index (Phi) is 1.92. The van der Waals surface area contributed by atoms with Gasteiger partial charge in [-0.2, -0.15) is 0 Å². The average molecular weight is 146 g/mol. The highest BCUT2D eigenvalue weighted by molar-refractivity contribution is 5.77. The molecule has 0 bridgehead atoms. The van der Waals surface area contributed by atoms with Crippen LogP contribution in [0.1, 0.15) is 12.8 Å². The number of aliphatic carboxylic acids is 1. The van der Waals surface area contributed by atoms with Gasteiger partial charge in [0, 0.05) is 26.1 Å². The van der Waals surface area contributed by atoms with Crippen LogP contribution in [0.2, 0.25) is 0 Å². The number of aliphatic hydroxyl groups is 1. The zero-order valence-corrected chi connectivity index (χ0v) is 5.54. The predicted molar refractivity (Wildman–Crippen MR) is 32.6 cm³/mol. The SMILES string of the molecule is O=C(O)C1(O)CCOCC1. The Labute approximate surface area is 58.4 Å². The summed E-state index contributed by atoms with van der Waals surface area (Å²) in [6.07, 6.45) is 0.394. The van der Waals surface area contributed by atoms with Gasteiger partial charge in [-0.1, -0.05) is 0 Å². The summed E-state index contributed by atoms with van der Waals surface area (Å²) in [5.41, 5.74) is -1.53. The van der Waals surface area contributed by atoms with Crippen molar-refractivity contribution < 1.29 is 19.7 Å². The average Bonchev–Trinajstić information content (AvgIpc) is 1.89. The topological polar surface area (TPSA) is 66.8 Å². The maximum atomic E-state index is 10.4. The van der Waals surface area contributed by atoms with Gasteiger partial charge in [-0.3, -0.25) is 0 Å². The summed E-state index contributed by atoms with van der Waals surface area (Å²) in [5.74, 6) is -1.14. The second kappa shape index (κ2) is 2.56. The Morgan fingerprint density at radius 3 is 2.20 bits per heavy atom. The molecule has 4 nitrogen and oxygen atoms in total. The molecular formula is C6H10O4. The van der Waals surface area contributed by atoms with Gasteiger partial charge in [0.25, 0.3) is 0 Å². The van der Waals surface area contributed by atoms with E-state index < -0.39 is 11.6 Å². The number of rotatable bonds is 1. The third-order valence-corrected chi connectivity index (χ3v) is 1.72. The third-order valence-electron chi connectivity index (χ3n) is 1.72. The van der Waals surface area contributed by atoms with Crippen molar-refractivity contribution in [2.24, 2.45) is 0 Å². The zero-order valence-electron chi connectivity index (χ0n) is 5.54. The van der Waals surface area contributed by atoms with E-state index in [1.165, 1.54) is 0 Å². The normalized spacial score (nSPS) is 24.1. The molecule has 0 saturated carbocycles. The fourth-order valence-corrected chi connectivity index (χ4v) is 0.923. The first kappa shape index (κ1) is 7.50. The van der Waals surface area contributed by atoms with Gasteiger partial charge in [-0.05, 0) is 0 Å². The smallest absolute Gasteiger partial charge is 0.335 e. The molecule has 0 amide bonds. The van der Waals surface area contributed by atoms with E-state index in [9.17, 15) is 9.90 Å². The van der Waals surface area contributed by atoms with Crippen molar-refractivity contribution >= 4 is 5.97 Å². The molecule has 0 aromatic rings. The van der Waals surface area contributed by atoms with Crippen molar-refractivity contribution in [2.75, 3.05) is 13.2 Å². The van der Waals surface area contributed by atoms with Crippen molar-refractivity contribution in [2.45, 2.75) is 18.4 Å². The Morgan fingerprint density at radius 2 is 1.90 bits per heavy atom. The predicted octanol–water partition coefficient (Wildman–Crippen LogP) is -0.388. The van der Waals surface area contributed by atoms with E-state index >= 15 is 0 Å². The summed E-state index contributed by atoms with van der Waals surface area (Å²) in [7, 11) is 0. The van der Waals surface area contributed by atoms with Crippen LogP contribution in [0.4, 0.5) is 0 Å². The van der Waals surface area contributed by atoms with Crippen molar-refractivity contribution in [3.8, 4) is 0 Å². The Bertz CT molecular complexity index is 137. The van der Waals surface area contributed by atoms with Gasteiger partial charge in [-0.25, -0.2) is 4.79 Å². The molecule has 1 fully saturated rings. The number of carbonyl (C=O) groups is 1. The minimum absolute atomic E-state index is 0.197. The van der Waals surface area contributed by atoms with Gasteiger partial charge in [0.15, 0.2) is 5.60 Å². The molecule has 0 aromatic carbocycles. The first-order chi connectivity index (χ1) is 4.65. The van der Waals surface area contributed by atoms with E-state index in [0.717, 1.165) is 0 Å². The second-order valence-electron chi connectivity index (χ2n) is 2.45. The molecule has 1 saturated heterocycles. The first-order valence-electron chi connectivity index (χ1n) is 3.19.